The SMILES string of the molecule is CN(C)CCCN1C[C@@]23C=C[C@@H](O2)[C@@H](C(=O)O)[C@H]3C1=O. The van der Waals surface area contributed by atoms with Gasteiger partial charge in [-0.05, 0) is 27.1 Å². The van der Waals surface area contributed by atoms with Crippen LogP contribution >= 0.6 is 0 Å². The third kappa shape index (κ3) is 1.86. The minimum Gasteiger partial charge on any atom is -0.481 e. The second-order valence-corrected chi connectivity index (χ2v) is 6.15. The van der Waals surface area contributed by atoms with Crippen LogP contribution < -0.4 is 0 Å². The number of rotatable bonds is 5. The molecule has 0 aliphatic carbocycles. The van der Waals surface area contributed by atoms with Crippen LogP contribution in [0.5, 0.6) is 0 Å². The largest absolute Gasteiger partial charge is 0.481 e. The summed E-state index contributed by atoms with van der Waals surface area (Å²) in [6.45, 7) is 2.05. The fourth-order valence-corrected chi connectivity index (χ4v) is 3.63. The lowest BCUT2D eigenvalue weighted by molar-refractivity contribution is -0.148. The van der Waals surface area contributed by atoms with E-state index in [1.54, 1.807) is 11.0 Å². The van der Waals surface area contributed by atoms with Crippen LogP contribution in [-0.4, -0.2) is 72.2 Å². The number of hydrogen-bond donors (Lipinski definition) is 1. The molecule has 0 aromatic heterocycles. The number of aliphatic carboxylic acids is 1. The fourth-order valence-electron chi connectivity index (χ4n) is 3.63. The van der Waals surface area contributed by atoms with Crippen LogP contribution in [0.1, 0.15) is 6.42 Å². The van der Waals surface area contributed by atoms with Crippen molar-refractivity contribution >= 4 is 11.9 Å². The third-order valence-corrected chi connectivity index (χ3v) is 4.50. The van der Waals surface area contributed by atoms with E-state index in [9.17, 15) is 14.7 Å². The van der Waals surface area contributed by atoms with Crippen molar-refractivity contribution in [3.05, 3.63) is 12.2 Å². The van der Waals surface area contributed by atoms with Crippen molar-refractivity contribution in [2.24, 2.45) is 11.8 Å². The lowest BCUT2D eigenvalue weighted by Crippen LogP contribution is -2.39. The van der Waals surface area contributed by atoms with Gasteiger partial charge in [0.25, 0.3) is 0 Å². The first kappa shape index (κ1) is 13.6. The quantitative estimate of drug-likeness (QED) is 0.707. The molecule has 3 aliphatic rings. The maximum atomic E-state index is 12.5. The lowest BCUT2D eigenvalue weighted by Gasteiger charge is -2.21. The summed E-state index contributed by atoms with van der Waals surface area (Å²) in [6, 6.07) is 0. The van der Waals surface area contributed by atoms with Crippen molar-refractivity contribution in [3.63, 3.8) is 0 Å². The number of nitrogens with zero attached hydrogens (tertiary/aromatic N) is 2. The van der Waals surface area contributed by atoms with Crippen LogP contribution in [0, 0.1) is 11.8 Å². The molecule has 3 rings (SSSR count). The van der Waals surface area contributed by atoms with E-state index >= 15 is 0 Å². The van der Waals surface area contributed by atoms with E-state index in [4.69, 9.17) is 4.74 Å². The molecule has 110 valence electrons. The van der Waals surface area contributed by atoms with E-state index in [0.717, 1.165) is 13.0 Å². The number of carbonyl (C=O) groups is 2. The highest BCUT2D eigenvalue weighted by atomic mass is 16.5. The predicted molar refractivity (Wildman–Crippen MR) is 71.1 cm³/mol. The van der Waals surface area contributed by atoms with Gasteiger partial charge in [-0.3, -0.25) is 9.59 Å². The average Bonchev–Trinajstić information content (AvgIpc) is 2.98. The van der Waals surface area contributed by atoms with Crippen molar-refractivity contribution < 1.29 is 19.4 Å². The van der Waals surface area contributed by atoms with Gasteiger partial charge in [0.2, 0.25) is 5.91 Å². The Morgan fingerprint density at radius 1 is 1.60 bits per heavy atom. The molecular formula is C14H20N2O4. The first-order valence-electron chi connectivity index (χ1n) is 6.98. The number of carboxylic acids is 1. The molecule has 6 heteroatoms. The van der Waals surface area contributed by atoms with E-state index < -0.39 is 29.5 Å². The van der Waals surface area contributed by atoms with E-state index in [0.29, 0.717) is 13.1 Å². The van der Waals surface area contributed by atoms with E-state index in [1.165, 1.54) is 0 Å². The molecule has 0 aromatic carbocycles. The first-order chi connectivity index (χ1) is 9.44. The van der Waals surface area contributed by atoms with Crippen molar-refractivity contribution in [2.45, 2.75) is 18.1 Å². The Morgan fingerprint density at radius 2 is 2.35 bits per heavy atom. The second kappa shape index (κ2) is 4.56. The Labute approximate surface area is 118 Å². The zero-order valence-corrected chi connectivity index (χ0v) is 11.8. The van der Waals surface area contributed by atoms with Gasteiger partial charge >= 0.3 is 5.97 Å². The molecule has 1 N–H and O–H groups in total. The topological polar surface area (TPSA) is 70.1 Å². The Morgan fingerprint density at radius 3 is 3.00 bits per heavy atom. The monoisotopic (exact) mass is 280 g/mol. The molecule has 0 unspecified atom stereocenters. The number of carboxylic acid groups (broad SMARTS) is 1. The highest BCUT2D eigenvalue weighted by Gasteiger charge is 2.66. The molecule has 0 aromatic rings. The van der Waals surface area contributed by atoms with Gasteiger partial charge in [-0.1, -0.05) is 12.2 Å². The number of carbonyl (C=O) groups excluding carboxylic acids is 1. The van der Waals surface area contributed by atoms with E-state index in [2.05, 4.69) is 4.90 Å². The predicted octanol–water partition coefficient (Wildman–Crippen LogP) is -0.195. The fraction of sp³-hybridized carbons (Fsp3) is 0.714. The van der Waals surface area contributed by atoms with Crippen LogP contribution in [0.3, 0.4) is 0 Å². The van der Waals surface area contributed by atoms with Gasteiger partial charge in [-0.2, -0.15) is 0 Å². The van der Waals surface area contributed by atoms with Crippen molar-refractivity contribution in [1.29, 1.82) is 0 Å². The standard InChI is InChI=1S/C14H20N2O4/c1-15(2)6-3-7-16-8-14-5-4-9(20-14)10(13(18)19)11(14)12(16)17/h4-5,9-11H,3,6-8H2,1-2H3,(H,18,19)/t9-,10-,11+,14-/m1/s1. The molecule has 20 heavy (non-hydrogen) atoms. The molecule has 1 amide bonds. The lowest BCUT2D eigenvalue weighted by atomic mass is 9.77. The van der Waals surface area contributed by atoms with Gasteiger partial charge in [0.15, 0.2) is 0 Å². The minimum atomic E-state index is -0.935. The van der Waals surface area contributed by atoms with Crippen molar-refractivity contribution in [1.82, 2.24) is 9.80 Å². The smallest absolute Gasteiger partial charge is 0.310 e. The summed E-state index contributed by atoms with van der Waals surface area (Å²) in [4.78, 5) is 27.7. The maximum absolute atomic E-state index is 12.5. The molecule has 6 nitrogen and oxygen atoms in total. The van der Waals surface area contributed by atoms with Gasteiger partial charge in [0.1, 0.15) is 11.5 Å². The summed E-state index contributed by atoms with van der Waals surface area (Å²) in [7, 11) is 3.99. The summed E-state index contributed by atoms with van der Waals surface area (Å²) in [6.07, 6.45) is 4.13. The van der Waals surface area contributed by atoms with Crippen molar-refractivity contribution in [3.8, 4) is 0 Å². The molecular weight excluding hydrogens is 260 g/mol. The molecule has 3 aliphatic heterocycles. The third-order valence-electron chi connectivity index (χ3n) is 4.50. The molecule has 2 bridgehead atoms. The summed E-state index contributed by atoms with van der Waals surface area (Å²) < 4.78 is 5.82. The maximum Gasteiger partial charge on any atom is 0.310 e. The van der Waals surface area contributed by atoms with Crippen LogP contribution in [0.4, 0.5) is 0 Å². The minimum absolute atomic E-state index is 0.0667. The Balaban J connectivity index is 1.74. The van der Waals surface area contributed by atoms with Crippen LogP contribution in [0.2, 0.25) is 0 Å². The van der Waals surface area contributed by atoms with Gasteiger partial charge in [0, 0.05) is 6.54 Å². The van der Waals surface area contributed by atoms with E-state index in [-0.39, 0.29) is 5.91 Å². The zero-order chi connectivity index (χ0) is 14.5. The molecule has 2 fully saturated rings. The van der Waals surface area contributed by atoms with Gasteiger partial charge in [-0.25, -0.2) is 0 Å². The Bertz CT molecular complexity index is 476. The number of amides is 1. The van der Waals surface area contributed by atoms with Crippen LogP contribution in [-0.2, 0) is 14.3 Å². The molecule has 0 radical (unpaired) electrons. The van der Waals surface area contributed by atoms with Gasteiger partial charge in [-0.15, -0.1) is 0 Å². The Kier molecular flexibility index (Phi) is 3.10. The molecule has 0 saturated carbocycles. The number of ether oxygens (including phenoxy) is 1. The van der Waals surface area contributed by atoms with Crippen molar-refractivity contribution in [2.75, 3.05) is 33.7 Å². The highest BCUT2D eigenvalue weighted by molar-refractivity contribution is 5.90. The summed E-state index contributed by atoms with van der Waals surface area (Å²) in [5.41, 5.74) is -0.692. The molecule has 3 heterocycles. The Hall–Kier alpha value is -1.40. The first-order valence-corrected chi connectivity index (χ1v) is 6.98. The number of fused-ring (bicyclic) bond motifs is 1. The van der Waals surface area contributed by atoms with Gasteiger partial charge in [0.05, 0.1) is 18.6 Å². The second-order valence-electron chi connectivity index (χ2n) is 6.15. The summed E-state index contributed by atoms with van der Waals surface area (Å²) in [5.74, 6) is -2.28. The summed E-state index contributed by atoms with van der Waals surface area (Å²) in [5, 5.41) is 9.34. The zero-order valence-electron chi connectivity index (χ0n) is 11.8. The highest BCUT2D eigenvalue weighted by Crippen LogP contribution is 2.51. The van der Waals surface area contributed by atoms with Gasteiger partial charge < -0.3 is 19.6 Å². The van der Waals surface area contributed by atoms with Crippen LogP contribution in [0.25, 0.3) is 0 Å². The molecule has 1 spiro atoms. The van der Waals surface area contributed by atoms with Crippen LogP contribution in [0.15, 0.2) is 12.2 Å². The normalized spacial score (nSPS) is 38.0. The van der Waals surface area contributed by atoms with E-state index in [1.807, 2.05) is 20.2 Å². The number of hydrogen-bond acceptors (Lipinski definition) is 4. The summed E-state index contributed by atoms with van der Waals surface area (Å²) >= 11 is 0. The number of likely N-dealkylation sites (tertiary alicyclic amines) is 1. The molecule has 4 atom stereocenters. The molecule has 2 saturated heterocycles. The average molecular weight is 280 g/mol.